The van der Waals surface area contributed by atoms with Crippen molar-refractivity contribution in [1.82, 2.24) is 0 Å². The molecule has 0 nitrogen and oxygen atoms in total. The molecule has 0 N–H and O–H groups in total. The molecule has 0 aromatic rings. The van der Waals surface area contributed by atoms with Crippen LogP contribution in [0.5, 0.6) is 0 Å². The molecule has 0 aromatic heterocycles. The quantitative estimate of drug-likeness (QED) is 0.411. The van der Waals surface area contributed by atoms with Crippen molar-refractivity contribution >= 4 is 0 Å². The summed E-state index contributed by atoms with van der Waals surface area (Å²) in [6.45, 7) is 6.90. The van der Waals surface area contributed by atoms with Crippen LogP contribution in [0.3, 0.4) is 0 Å². The van der Waals surface area contributed by atoms with E-state index in [2.05, 4.69) is 26.8 Å². The molecule has 0 amide bonds. The van der Waals surface area contributed by atoms with Crippen LogP contribution in [-0.2, 0) is 25.8 Å². The summed E-state index contributed by atoms with van der Waals surface area (Å²) in [6, 6.07) is 0. The molecule has 1 rings (SSSR count). The van der Waals surface area contributed by atoms with Crippen LogP contribution in [0.25, 0.3) is 0 Å². The Bertz CT molecular complexity index is 283. The largest absolute Gasteiger partial charge is 1.00 e. The average molecular weight is 484 g/mol. The molecule has 0 fully saturated rings. The number of halogens is 2. The average Bonchev–Trinajstić information content (AvgIpc) is 2.73. The van der Waals surface area contributed by atoms with E-state index in [1.54, 1.807) is 16.7 Å². The van der Waals surface area contributed by atoms with Crippen molar-refractivity contribution in [3.63, 3.8) is 0 Å². The molecule has 20 heavy (non-hydrogen) atoms. The van der Waals surface area contributed by atoms with Crippen LogP contribution in [0.4, 0.5) is 0 Å². The molecule has 0 aromatic carbocycles. The monoisotopic (exact) mass is 484 g/mol. The minimum atomic E-state index is 0. The molecule has 0 aliphatic heterocycles. The molecule has 0 heterocycles. The SMILES string of the molecule is CCCCC1=CCC(CCCC)=C1CCCC.[Cl-].[Cl-].[Hf]. The Morgan fingerprint density at radius 2 is 1.30 bits per heavy atom. The third kappa shape index (κ3) is 9.05. The molecule has 0 saturated carbocycles. The standard InChI is InChI=1S/C17H30.2ClH.Hf/c1-4-7-10-15-13-14-16(11-8-5-2)17(15)12-9-6-3;;;/h13H,4-12,14H2,1-3H3;2*1H;/p-2. The molecular formula is C17H30Cl2Hf-2. The van der Waals surface area contributed by atoms with Crippen LogP contribution in [-0.4, -0.2) is 0 Å². The summed E-state index contributed by atoms with van der Waals surface area (Å²) >= 11 is 0. The van der Waals surface area contributed by atoms with E-state index in [1.165, 1.54) is 64.2 Å². The zero-order valence-electron chi connectivity index (χ0n) is 13.4. The topological polar surface area (TPSA) is 0 Å². The van der Waals surface area contributed by atoms with Gasteiger partial charge < -0.3 is 24.8 Å². The Balaban J connectivity index is -0.000000963. The molecule has 1 aliphatic carbocycles. The van der Waals surface area contributed by atoms with Gasteiger partial charge in [0, 0.05) is 25.8 Å². The van der Waals surface area contributed by atoms with Crippen LogP contribution in [0.15, 0.2) is 22.8 Å². The van der Waals surface area contributed by atoms with Gasteiger partial charge in [0.05, 0.1) is 0 Å². The first kappa shape index (κ1) is 25.9. The van der Waals surface area contributed by atoms with Crippen LogP contribution < -0.4 is 24.8 Å². The summed E-state index contributed by atoms with van der Waals surface area (Å²) in [7, 11) is 0. The maximum Gasteiger partial charge on any atom is 0 e. The molecule has 1 aliphatic rings. The molecule has 0 bridgehead atoms. The Morgan fingerprint density at radius 1 is 0.800 bits per heavy atom. The van der Waals surface area contributed by atoms with Gasteiger partial charge in [-0.2, -0.15) is 0 Å². The maximum absolute atomic E-state index is 2.52. The third-order valence-electron chi connectivity index (χ3n) is 3.82. The van der Waals surface area contributed by atoms with Gasteiger partial charge in [-0.3, -0.25) is 0 Å². The van der Waals surface area contributed by atoms with Crippen LogP contribution >= 0.6 is 0 Å². The number of unbranched alkanes of at least 4 members (excludes halogenated alkanes) is 3. The van der Waals surface area contributed by atoms with E-state index in [4.69, 9.17) is 0 Å². The molecule has 0 spiro atoms. The second kappa shape index (κ2) is 16.3. The summed E-state index contributed by atoms with van der Waals surface area (Å²) in [5.41, 5.74) is 5.23. The fourth-order valence-corrected chi connectivity index (χ4v) is 2.67. The summed E-state index contributed by atoms with van der Waals surface area (Å²) in [5, 5.41) is 0. The summed E-state index contributed by atoms with van der Waals surface area (Å²) < 4.78 is 0. The second-order valence-electron chi connectivity index (χ2n) is 5.33. The minimum Gasteiger partial charge on any atom is -1.00 e. The molecule has 0 saturated heterocycles. The van der Waals surface area contributed by atoms with Gasteiger partial charge in [-0.1, -0.05) is 51.7 Å². The molecule has 0 radical (unpaired) electrons. The van der Waals surface area contributed by atoms with Crippen molar-refractivity contribution in [2.24, 2.45) is 0 Å². The van der Waals surface area contributed by atoms with Gasteiger partial charge in [-0.15, -0.1) is 0 Å². The Hall–Kier alpha value is 0.930. The second-order valence-corrected chi connectivity index (χ2v) is 5.33. The van der Waals surface area contributed by atoms with Gasteiger partial charge in [-0.05, 0) is 56.1 Å². The van der Waals surface area contributed by atoms with Crippen molar-refractivity contribution in [3.05, 3.63) is 22.8 Å². The summed E-state index contributed by atoms with van der Waals surface area (Å²) in [4.78, 5) is 0. The van der Waals surface area contributed by atoms with Crippen molar-refractivity contribution in [2.75, 3.05) is 0 Å². The van der Waals surface area contributed by atoms with E-state index in [9.17, 15) is 0 Å². The normalized spacial score (nSPS) is 13.2. The van der Waals surface area contributed by atoms with Crippen molar-refractivity contribution < 1.29 is 50.7 Å². The number of hydrogen-bond acceptors (Lipinski definition) is 0. The van der Waals surface area contributed by atoms with Crippen molar-refractivity contribution in [2.45, 2.75) is 85.0 Å². The van der Waals surface area contributed by atoms with Gasteiger partial charge in [0.1, 0.15) is 0 Å². The third-order valence-corrected chi connectivity index (χ3v) is 3.82. The van der Waals surface area contributed by atoms with E-state index in [-0.39, 0.29) is 50.7 Å². The van der Waals surface area contributed by atoms with Crippen LogP contribution in [0.1, 0.15) is 85.0 Å². The number of rotatable bonds is 9. The van der Waals surface area contributed by atoms with Gasteiger partial charge in [-0.25, -0.2) is 0 Å². The molecular weight excluding hydrogens is 454 g/mol. The molecule has 0 unspecified atom stereocenters. The van der Waals surface area contributed by atoms with Gasteiger partial charge in [0.2, 0.25) is 0 Å². The van der Waals surface area contributed by atoms with Gasteiger partial charge >= 0.3 is 0 Å². The van der Waals surface area contributed by atoms with E-state index < -0.39 is 0 Å². The van der Waals surface area contributed by atoms with E-state index in [0.717, 1.165) is 0 Å². The zero-order valence-corrected chi connectivity index (χ0v) is 18.5. The van der Waals surface area contributed by atoms with Gasteiger partial charge in [0.15, 0.2) is 0 Å². The first-order chi connectivity index (χ1) is 8.33. The Morgan fingerprint density at radius 3 is 1.85 bits per heavy atom. The fourth-order valence-electron chi connectivity index (χ4n) is 2.67. The van der Waals surface area contributed by atoms with Crippen LogP contribution in [0.2, 0.25) is 0 Å². The predicted octanol–water partition coefficient (Wildman–Crippen LogP) is 0.189. The van der Waals surface area contributed by atoms with Crippen molar-refractivity contribution in [1.29, 1.82) is 0 Å². The van der Waals surface area contributed by atoms with Crippen LogP contribution in [0, 0.1) is 0 Å². The fraction of sp³-hybridized carbons (Fsp3) is 0.765. The number of allylic oxidation sites excluding steroid dienone is 4. The summed E-state index contributed by atoms with van der Waals surface area (Å²) in [6.07, 6.45) is 15.9. The van der Waals surface area contributed by atoms with Gasteiger partial charge in [0.25, 0.3) is 0 Å². The van der Waals surface area contributed by atoms with Crippen molar-refractivity contribution in [3.8, 4) is 0 Å². The Kier molecular flexibility index (Phi) is 21.1. The maximum atomic E-state index is 2.52. The Labute approximate surface area is 157 Å². The first-order valence-electron chi connectivity index (χ1n) is 7.73. The predicted molar refractivity (Wildman–Crippen MR) is 78.3 cm³/mol. The molecule has 0 atom stereocenters. The van der Waals surface area contributed by atoms with E-state index in [1.807, 2.05) is 0 Å². The van der Waals surface area contributed by atoms with E-state index in [0.29, 0.717) is 0 Å². The molecule has 118 valence electrons. The minimum absolute atomic E-state index is 0. The smallest absolute Gasteiger partial charge is 0 e. The number of hydrogen-bond donors (Lipinski definition) is 0. The van der Waals surface area contributed by atoms with E-state index >= 15 is 0 Å². The zero-order chi connectivity index (χ0) is 12.5. The first-order valence-corrected chi connectivity index (χ1v) is 7.73. The molecule has 3 heteroatoms. The summed E-state index contributed by atoms with van der Waals surface area (Å²) in [5.74, 6) is 0.